The van der Waals surface area contributed by atoms with Gasteiger partial charge in [-0.25, -0.2) is 0 Å². The third-order valence-corrected chi connectivity index (χ3v) is 7.18. The fourth-order valence-corrected chi connectivity index (χ4v) is 4.84. The van der Waals surface area contributed by atoms with Gasteiger partial charge in [0.25, 0.3) is 0 Å². The fourth-order valence-electron chi connectivity index (χ4n) is 4.84. The second kappa shape index (κ2) is 44.4. The minimum Gasteiger partial charge on any atom is -0.394 e. The van der Waals surface area contributed by atoms with Gasteiger partial charge >= 0.3 is 0 Å². The highest BCUT2D eigenvalue weighted by atomic mass is 16.5. The molecule has 0 aromatic rings. The van der Waals surface area contributed by atoms with E-state index in [2.05, 4.69) is 47.8 Å². The van der Waals surface area contributed by atoms with Gasteiger partial charge in [-0.15, -0.1) is 6.58 Å². The Labute approximate surface area is 289 Å². The van der Waals surface area contributed by atoms with Crippen LogP contribution in [0.15, 0.2) is 12.7 Å². The normalized spacial score (nSPS) is 17.4. The average molecular weight is 679 g/mol. The summed E-state index contributed by atoms with van der Waals surface area (Å²) in [7, 11) is 5.25. The van der Waals surface area contributed by atoms with Gasteiger partial charge in [0.15, 0.2) is 0 Å². The zero-order chi connectivity index (χ0) is 36.4. The summed E-state index contributed by atoms with van der Waals surface area (Å²) in [5.74, 6) is 1.84. The molecule has 0 aromatic heterocycles. The van der Waals surface area contributed by atoms with Gasteiger partial charge < -0.3 is 52.5 Å². The van der Waals surface area contributed by atoms with Crippen LogP contribution >= 0.6 is 0 Å². The van der Waals surface area contributed by atoms with E-state index < -0.39 is 0 Å². The third-order valence-electron chi connectivity index (χ3n) is 7.18. The van der Waals surface area contributed by atoms with Crippen LogP contribution in [0.25, 0.3) is 0 Å². The molecule has 47 heavy (non-hydrogen) atoms. The maximum atomic E-state index is 10.3. The van der Waals surface area contributed by atoms with Crippen molar-refractivity contribution in [2.24, 2.45) is 29.0 Å². The van der Waals surface area contributed by atoms with Crippen LogP contribution in [0.4, 0.5) is 0 Å². The molecule has 0 aromatic carbocycles. The second-order valence-electron chi connectivity index (χ2n) is 11.6. The van der Waals surface area contributed by atoms with E-state index >= 15 is 0 Å². The van der Waals surface area contributed by atoms with Gasteiger partial charge in [0.05, 0.1) is 32.5 Å². The SMILES string of the molecule is C=CC.CCCCC(N)(CCCNC=O)CCCNCCOCCOCCC.CN.CNC.NC=O.OCC1CC(C2CC2)CCO1. The molecule has 0 spiro atoms. The number of allylic oxidation sites excluding steroid dienone is 1. The first-order valence-electron chi connectivity index (χ1n) is 17.8. The van der Waals surface area contributed by atoms with E-state index in [4.69, 9.17) is 29.8 Å². The molecule has 1 aliphatic carbocycles. The Morgan fingerprint density at radius 1 is 0.894 bits per heavy atom. The number of hydrogen-bond donors (Lipinski definition) is 7. The fraction of sp³-hybridized carbons (Fsp3) is 0.886. The quantitative estimate of drug-likeness (QED) is 0.0508. The number of aliphatic hydroxyl groups is 1. The van der Waals surface area contributed by atoms with Crippen LogP contribution < -0.4 is 33.2 Å². The first kappa shape index (κ1) is 52.2. The molecule has 1 saturated heterocycles. The Kier molecular flexibility index (Phi) is 49.2. The minimum absolute atomic E-state index is 0.102. The Hall–Kier alpha value is -1.64. The number of hydrogen-bond acceptors (Lipinski definition) is 10. The lowest BCUT2D eigenvalue weighted by Crippen LogP contribution is -2.41. The lowest BCUT2D eigenvalue weighted by atomic mass is 9.84. The minimum atomic E-state index is -0.102. The number of amides is 2. The summed E-state index contributed by atoms with van der Waals surface area (Å²) >= 11 is 0. The average Bonchev–Trinajstić information content (AvgIpc) is 3.93. The predicted octanol–water partition coefficient (Wildman–Crippen LogP) is 3.10. The Morgan fingerprint density at radius 3 is 1.91 bits per heavy atom. The van der Waals surface area contributed by atoms with Crippen LogP contribution in [0.1, 0.15) is 97.8 Å². The van der Waals surface area contributed by atoms with Crippen molar-refractivity contribution in [1.29, 1.82) is 0 Å². The van der Waals surface area contributed by atoms with Crippen molar-refractivity contribution >= 4 is 12.8 Å². The largest absolute Gasteiger partial charge is 0.394 e. The molecule has 2 rings (SSSR count). The third kappa shape index (κ3) is 42.3. The second-order valence-corrected chi connectivity index (χ2v) is 11.6. The highest BCUT2D eigenvalue weighted by molar-refractivity contribution is 5.45. The van der Waals surface area contributed by atoms with Crippen LogP contribution in [-0.4, -0.2) is 110 Å². The zero-order valence-corrected chi connectivity index (χ0v) is 31.2. The van der Waals surface area contributed by atoms with Crippen molar-refractivity contribution in [2.45, 2.75) is 109 Å². The molecule has 2 fully saturated rings. The molecule has 2 aliphatic rings. The first-order valence-corrected chi connectivity index (χ1v) is 17.8. The Balaban J connectivity index is -0.000000340. The number of rotatable bonds is 22. The summed E-state index contributed by atoms with van der Waals surface area (Å²) in [6, 6.07) is 0. The molecule has 1 aliphatic heterocycles. The molecule has 0 radical (unpaired) electrons. The number of ether oxygens (including phenoxy) is 3. The number of nitrogens with one attached hydrogen (secondary N) is 3. The maximum absolute atomic E-state index is 10.3. The standard InChI is InChI=1S/C19H41N3O3.C9H16O2.C3H6.C2H7N.CH3NO.CH5N/c1-3-5-8-19(20,10-7-12-22-18-23)9-6-11-21-13-15-25-17-16-24-14-4-2;10-6-9-5-8(3-4-11-9)7-1-2-7;2*1-3-2;2-1-3;1-2/h18,21H,3-17,20H2,1-2H3,(H,22,23);7-10H,1-6H2;3H,1H2,2H3;3H,1-2H3;1H,(H2,2,3);2H2,1H3. The summed E-state index contributed by atoms with van der Waals surface area (Å²) in [4.78, 5) is 18.9. The van der Waals surface area contributed by atoms with Crippen LogP contribution in [0.2, 0.25) is 0 Å². The molecule has 284 valence electrons. The van der Waals surface area contributed by atoms with Gasteiger partial charge in [-0.2, -0.15) is 0 Å². The highest BCUT2D eigenvalue weighted by Crippen LogP contribution is 2.42. The van der Waals surface area contributed by atoms with Crippen molar-refractivity contribution in [3.8, 4) is 0 Å². The number of carbonyl (C=O) groups excluding carboxylic acids is 2. The molecule has 12 heteroatoms. The van der Waals surface area contributed by atoms with E-state index in [1.54, 1.807) is 6.08 Å². The van der Waals surface area contributed by atoms with E-state index in [1.165, 1.54) is 39.2 Å². The summed E-state index contributed by atoms with van der Waals surface area (Å²) in [5.41, 5.74) is 15.2. The predicted molar refractivity (Wildman–Crippen MR) is 197 cm³/mol. The van der Waals surface area contributed by atoms with Crippen molar-refractivity contribution in [3.05, 3.63) is 12.7 Å². The van der Waals surface area contributed by atoms with Gasteiger partial charge in [0.1, 0.15) is 0 Å². The Bertz CT molecular complexity index is 613. The molecule has 2 amide bonds. The van der Waals surface area contributed by atoms with E-state index in [1.807, 2.05) is 21.0 Å². The van der Waals surface area contributed by atoms with E-state index in [9.17, 15) is 4.79 Å². The molecule has 10 N–H and O–H groups in total. The smallest absolute Gasteiger partial charge is 0.207 e. The van der Waals surface area contributed by atoms with E-state index in [0.29, 0.717) is 19.8 Å². The number of primary amides is 1. The van der Waals surface area contributed by atoms with Gasteiger partial charge in [0.2, 0.25) is 12.8 Å². The molecule has 0 bridgehead atoms. The molecular formula is C35H78N6O6. The lowest BCUT2D eigenvalue weighted by Gasteiger charge is -2.30. The van der Waals surface area contributed by atoms with E-state index in [-0.39, 0.29) is 24.7 Å². The zero-order valence-electron chi connectivity index (χ0n) is 31.2. The van der Waals surface area contributed by atoms with Gasteiger partial charge in [-0.3, -0.25) is 9.59 Å². The summed E-state index contributed by atoms with van der Waals surface area (Å²) in [6.45, 7) is 16.1. The molecule has 12 nitrogen and oxygen atoms in total. The summed E-state index contributed by atoms with van der Waals surface area (Å²) in [5, 5.41) is 17.8. The van der Waals surface area contributed by atoms with Crippen LogP contribution in [0.3, 0.4) is 0 Å². The van der Waals surface area contributed by atoms with Crippen LogP contribution in [-0.2, 0) is 23.8 Å². The van der Waals surface area contributed by atoms with Gasteiger partial charge in [-0.05, 0) is 111 Å². The first-order chi connectivity index (χ1) is 22.8. The van der Waals surface area contributed by atoms with Crippen LogP contribution in [0.5, 0.6) is 0 Å². The molecule has 1 saturated carbocycles. The number of unbranched alkanes of at least 4 members (excludes halogenated alkanes) is 1. The van der Waals surface area contributed by atoms with Crippen molar-refractivity contribution in [3.63, 3.8) is 0 Å². The van der Waals surface area contributed by atoms with Crippen molar-refractivity contribution in [1.82, 2.24) is 16.0 Å². The summed E-state index contributed by atoms with van der Waals surface area (Å²) < 4.78 is 16.3. The topological polar surface area (TPSA) is 196 Å². The molecule has 3 atom stereocenters. The van der Waals surface area contributed by atoms with Gasteiger partial charge in [0, 0.05) is 31.8 Å². The highest BCUT2D eigenvalue weighted by Gasteiger charge is 2.34. The number of carbonyl (C=O) groups is 2. The van der Waals surface area contributed by atoms with Crippen LogP contribution in [0, 0.1) is 11.8 Å². The monoisotopic (exact) mass is 679 g/mol. The van der Waals surface area contributed by atoms with Crippen molar-refractivity contribution in [2.75, 3.05) is 80.4 Å². The van der Waals surface area contributed by atoms with Crippen molar-refractivity contribution < 1.29 is 28.9 Å². The molecular weight excluding hydrogens is 600 g/mol. The van der Waals surface area contributed by atoms with E-state index in [0.717, 1.165) is 96.1 Å². The molecule has 3 unspecified atom stereocenters. The molecule has 1 heterocycles. The summed E-state index contributed by atoms with van der Waals surface area (Å²) in [6.07, 6.45) is 16.5. The number of aliphatic hydroxyl groups excluding tert-OH is 1. The van der Waals surface area contributed by atoms with Gasteiger partial charge in [-0.1, -0.05) is 32.8 Å². The Morgan fingerprint density at radius 2 is 1.43 bits per heavy atom. The lowest BCUT2D eigenvalue weighted by molar-refractivity contribution is -0.109. The maximum Gasteiger partial charge on any atom is 0.207 e. The number of nitrogens with two attached hydrogens (primary N) is 3.